The SMILES string of the molecule is Cc1ncnc2c1CSC2. The Morgan fingerprint density at radius 1 is 1.40 bits per heavy atom. The quantitative estimate of drug-likeness (QED) is 0.564. The van der Waals surface area contributed by atoms with E-state index in [2.05, 4.69) is 9.97 Å². The van der Waals surface area contributed by atoms with Crippen LogP contribution in [0.1, 0.15) is 17.0 Å². The highest BCUT2D eigenvalue weighted by molar-refractivity contribution is 7.98. The minimum Gasteiger partial charge on any atom is -0.241 e. The van der Waals surface area contributed by atoms with Crippen LogP contribution in [0.3, 0.4) is 0 Å². The van der Waals surface area contributed by atoms with E-state index in [9.17, 15) is 0 Å². The van der Waals surface area contributed by atoms with Crippen LogP contribution in [-0.2, 0) is 11.5 Å². The molecule has 1 aliphatic rings. The summed E-state index contributed by atoms with van der Waals surface area (Å²) >= 11 is 1.91. The molecule has 1 aromatic rings. The molecule has 2 nitrogen and oxygen atoms in total. The molecule has 0 aromatic carbocycles. The Morgan fingerprint density at radius 3 is 3.10 bits per heavy atom. The molecule has 10 heavy (non-hydrogen) atoms. The van der Waals surface area contributed by atoms with E-state index in [-0.39, 0.29) is 0 Å². The summed E-state index contributed by atoms with van der Waals surface area (Å²) in [4.78, 5) is 8.31. The van der Waals surface area contributed by atoms with E-state index in [1.165, 1.54) is 11.3 Å². The summed E-state index contributed by atoms with van der Waals surface area (Å²) in [5.74, 6) is 2.17. The number of nitrogens with zero attached hydrogens (tertiary/aromatic N) is 2. The number of thioether (sulfide) groups is 1. The predicted octanol–water partition coefficient (Wildman–Crippen LogP) is 1.53. The summed E-state index contributed by atoms with van der Waals surface area (Å²) in [5.41, 5.74) is 3.74. The number of aryl methyl sites for hydroxylation is 1. The molecule has 0 saturated heterocycles. The smallest absolute Gasteiger partial charge is 0.115 e. The van der Waals surface area contributed by atoms with Gasteiger partial charge < -0.3 is 0 Å². The third-order valence-electron chi connectivity index (χ3n) is 1.74. The van der Waals surface area contributed by atoms with Gasteiger partial charge in [0.2, 0.25) is 0 Å². The first-order valence-electron chi connectivity index (χ1n) is 3.25. The molecule has 0 N–H and O–H groups in total. The van der Waals surface area contributed by atoms with Gasteiger partial charge in [-0.2, -0.15) is 11.8 Å². The Balaban J connectivity index is 2.59. The Labute approximate surface area is 64.1 Å². The first-order chi connectivity index (χ1) is 4.88. The fourth-order valence-corrected chi connectivity index (χ4v) is 2.24. The molecule has 2 rings (SSSR count). The molecule has 3 heteroatoms. The van der Waals surface area contributed by atoms with Crippen LogP contribution in [0.4, 0.5) is 0 Å². The Morgan fingerprint density at radius 2 is 2.30 bits per heavy atom. The molecule has 52 valence electrons. The zero-order valence-corrected chi connectivity index (χ0v) is 6.61. The molecule has 0 spiro atoms. The minimum atomic E-state index is 1.07. The lowest BCUT2D eigenvalue weighted by atomic mass is 10.2. The summed E-state index contributed by atoms with van der Waals surface area (Å²) in [6, 6.07) is 0. The average Bonchev–Trinajstić information content (AvgIpc) is 2.36. The number of hydrogen-bond acceptors (Lipinski definition) is 3. The van der Waals surface area contributed by atoms with Crippen LogP contribution < -0.4 is 0 Å². The van der Waals surface area contributed by atoms with Crippen molar-refractivity contribution < 1.29 is 0 Å². The zero-order valence-electron chi connectivity index (χ0n) is 5.79. The van der Waals surface area contributed by atoms with Gasteiger partial charge in [0, 0.05) is 22.8 Å². The molecule has 0 bridgehead atoms. The van der Waals surface area contributed by atoms with Gasteiger partial charge in [0.05, 0.1) is 5.69 Å². The van der Waals surface area contributed by atoms with Crippen LogP contribution in [-0.4, -0.2) is 9.97 Å². The van der Waals surface area contributed by atoms with E-state index >= 15 is 0 Å². The molecule has 0 saturated carbocycles. The van der Waals surface area contributed by atoms with Gasteiger partial charge in [-0.1, -0.05) is 0 Å². The van der Waals surface area contributed by atoms with Gasteiger partial charge in [-0.15, -0.1) is 0 Å². The molecule has 0 aliphatic carbocycles. The van der Waals surface area contributed by atoms with E-state index in [0.29, 0.717) is 0 Å². The second kappa shape index (κ2) is 2.23. The third kappa shape index (κ3) is 0.814. The van der Waals surface area contributed by atoms with Crippen LogP contribution in [0.2, 0.25) is 0 Å². The Kier molecular flexibility index (Phi) is 1.38. The second-order valence-electron chi connectivity index (χ2n) is 2.38. The van der Waals surface area contributed by atoms with E-state index < -0.39 is 0 Å². The largest absolute Gasteiger partial charge is 0.241 e. The van der Waals surface area contributed by atoms with Gasteiger partial charge in [0.25, 0.3) is 0 Å². The Hall–Kier alpha value is -0.570. The number of aromatic nitrogens is 2. The number of hydrogen-bond donors (Lipinski definition) is 0. The van der Waals surface area contributed by atoms with Crippen molar-refractivity contribution in [2.24, 2.45) is 0 Å². The highest BCUT2D eigenvalue weighted by Gasteiger charge is 2.14. The van der Waals surface area contributed by atoms with Crippen molar-refractivity contribution in [2.45, 2.75) is 18.4 Å². The van der Waals surface area contributed by atoms with Gasteiger partial charge in [-0.05, 0) is 6.92 Å². The van der Waals surface area contributed by atoms with Gasteiger partial charge in [0.15, 0.2) is 0 Å². The van der Waals surface area contributed by atoms with Crippen molar-refractivity contribution in [3.63, 3.8) is 0 Å². The van der Waals surface area contributed by atoms with Crippen molar-refractivity contribution in [2.75, 3.05) is 0 Å². The maximum Gasteiger partial charge on any atom is 0.115 e. The summed E-state index contributed by atoms with van der Waals surface area (Å²) in [6.45, 7) is 2.05. The number of fused-ring (bicyclic) bond motifs is 1. The first kappa shape index (κ1) is 6.16. The monoisotopic (exact) mass is 152 g/mol. The molecule has 0 atom stereocenters. The topological polar surface area (TPSA) is 25.8 Å². The lowest BCUT2D eigenvalue weighted by Crippen LogP contribution is -1.93. The molecule has 0 amide bonds. The van der Waals surface area contributed by atoms with Crippen LogP contribution in [0, 0.1) is 6.92 Å². The average molecular weight is 152 g/mol. The van der Waals surface area contributed by atoms with Crippen molar-refractivity contribution in [3.05, 3.63) is 23.3 Å². The second-order valence-corrected chi connectivity index (χ2v) is 3.36. The fourth-order valence-electron chi connectivity index (χ4n) is 1.11. The standard InChI is InChI=1S/C7H8N2S/c1-5-6-2-10-3-7(6)9-4-8-5/h4H,2-3H2,1H3. The molecule has 1 aliphatic heterocycles. The zero-order chi connectivity index (χ0) is 6.97. The summed E-state index contributed by atoms with van der Waals surface area (Å²) in [6.07, 6.45) is 1.65. The summed E-state index contributed by atoms with van der Waals surface area (Å²) < 4.78 is 0. The maximum atomic E-state index is 4.19. The molecular weight excluding hydrogens is 144 g/mol. The molecule has 1 aromatic heterocycles. The molecular formula is C7H8N2S. The maximum absolute atomic E-state index is 4.19. The van der Waals surface area contributed by atoms with Gasteiger partial charge in [-0.25, -0.2) is 9.97 Å². The van der Waals surface area contributed by atoms with E-state index in [1.54, 1.807) is 6.33 Å². The number of rotatable bonds is 0. The van der Waals surface area contributed by atoms with Crippen molar-refractivity contribution in [3.8, 4) is 0 Å². The van der Waals surface area contributed by atoms with Crippen molar-refractivity contribution in [1.29, 1.82) is 0 Å². The first-order valence-corrected chi connectivity index (χ1v) is 4.40. The molecule has 0 fully saturated rings. The van der Waals surface area contributed by atoms with E-state index in [0.717, 1.165) is 17.2 Å². The van der Waals surface area contributed by atoms with Crippen LogP contribution in [0.5, 0.6) is 0 Å². The highest BCUT2D eigenvalue weighted by Crippen LogP contribution is 2.28. The van der Waals surface area contributed by atoms with Gasteiger partial charge in [0.1, 0.15) is 6.33 Å². The molecule has 2 heterocycles. The van der Waals surface area contributed by atoms with E-state index in [1.807, 2.05) is 18.7 Å². The lowest BCUT2D eigenvalue weighted by Gasteiger charge is -1.97. The van der Waals surface area contributed by atoms with Crippen LogP contribution in [0.15, 0.2) is 6.33 Å². The molecule has 0 unspecified atom stereocenters. The summed E-state index contributed by atoms with van der Waals surface area (Å²) in [5, 5.41) is 0. The van der Waals surface area contributed by atoms with Crippen molar-refractivity contribution in [1.82, 2.24) is 9.97 Å². The highest BCUT2D eigenvalue weighted by atomic mass is 32.2. The van der Waals surface area contributed by atoms with Gasteiger partial charge >= 0.3 is 0 Å². The Bertz CT molecular complexity index is 260. The third-order valence-corrected chi connectivity index (χ3v) is 2.71. The van der Waals surface area contributed by atoms with Crippen LogP contribution >= 0.6 is 11.8 Å². The minimum absolute atomic E-state index is 1.07. The molecule has 0 radical (unpaired) electrons. The lowest BCUT2D eigenvalue weighted by molar-refractivity contribution is 1.01. The van der Waals surface area contributed by atoms with E-state index in [4.69, 9.17) is 0 Å². The summed E-state index contributed by atoms with van der Waals surface area (Å²) in [7, 11) is 0. The van der Waals surface area contributed by atoms with Gasteiger partial charge in [-0.3, -0.25) is 0 Å². The normalized spacial score (nSPS) is 15.3. The van der Waals surface area contributed by atoms with Crippen LogP contribution in [0.25, 0.3) is 0 Å². The predicted molar refractivity (Wildman–Crippen MR) is 41.8 cm³/mol. The van der Waals surface area contributed by atoms with Crippen molar-refractivity contribution >= 4 is 11.8 Å². The fraction of sp³-hybridized carbons (Fsp3) is 0.429.